The van der Waals surface area contributed by atoms with Gasteiger partial charge < -0.3 is 34.1 Å². The maximum Gasteiger partial charge on any atom is 0.417 e. The summed E-state index contributed by atoms with van der Waals surface area (Å²) in [5, 5.41) is 1.81. The van der Waals surface area contributed by atoms with E-state index in [-0.39, 0.29) is 56.0 Å². The highest BCUT2D eigenvalue weighted by Crippen LogP contribution is 2.46. The number of rotatable bonds is 9. The summed E-state index contributed by atoms with van der Waals surface area (Å²) >= 11 is 0. The Hall–Kier alpha value is -5.98. The molecule has 1 atom stereocenters. The van der Waals surface area contributed by atoms with E-state index in [1.54, 1.807) is 76.2 Å². The Balaban J connectivity index is 1.59. The average molecular weight is 887 g/mol. The second kappa shape index (κ2) is 17.8. The van der Waals surface area contributed by atoms with Crippen LogP contribution in [0.15, 0.2) is 59.8 Å². The Kier molecular flexibility index (Phi) is 13.1. The standard InChI is InChI=1S/C43H47F5N6O7S/c1-24-17-19-53(41(55)61-42(3,4)5)20-18-49-38-32-37(51-40(52-38)62(8,56)57)35(45)36(50-39(32)60-24)30-21-31(34(44)25(2)33(30)43(46,47)48)54(22-26-9-13-28(58-6)14-10-26)23-27-11-15-29(59-7)16-12-27/h9-16,21,24H,17-20,22-23H2,1-8H3,(H,49,51,52)/t24-/m0/s1. The number of alkyl halides is 3. The fourth-order valence-corrected chi connectivity index (χ4v) is 7.40. The van der Waals surface area contributed by atoms with Crippen molar-refractivity contribution in [3.05, 3.63) is 88.5 Å². The molecule has 19 heteroatoms. The number of methoxy groups -OCH3 is 2. The molecule has 5 aromatic rings. The monoisotopic (exact) mass is 886 g/mol. The Bertz CT molecular complexity index is 2520. The Morgan fingerprint density at radius 1 is 0.919 bits per heavy atom. The highest BCUT2D eigenvalue weighted by Gasteiger charge is 2.40. The van der Waals surface area contributed by atoms with E-state index < -0.39 is 84.4 Å². The predicted molar refractivity (Wildman–Crippen MR) is 222 cm³/mol. The lowest BCUT2D eigenvalue weighted by Gasteiger charge is -2.29. The number of nitrogens with one attached hydrogen (secondary N) is 1. The highest BCUT2D eigenvalue weighted by molar-refractivity contribution is 7.90. The number of halogens is 5. The summed E-state index contributed by atoms with van der Waals surface area (Å²) in [4.78, 5) is 28.6. The minimum absolute atomic E-state index is 0.0169. The van der Waals surface area contributed by atoms with Crippen LogP contribution < -0.4 is 24.4 Å². The molecule has 62 heavy (non-hydrogen) atoms. The summed E-state index contributed by atoms with van der Waals surface area (Å²) in [5.74, 6) is -2.26. The molecule has 0 bridgehead atoms. The van der Waals surface area contributed by atoms with Gasteiger partial charge in [-0.25, -0.2) is 36.9 Å². The van der Waals surface area contributed by atoms with Crippen molar-refractivity contribution in [3.63, 3.8) is 0 Å². The predicted octanol–water partition coefficient (Wildman–Crippen LogP) is 8.74. The molecule has 0 spiro atoms. The van der Waals surface area contributed by atoms with E-state index >= 15 is 22.0 Å². The van der Waals surface area contributed by atoms with Crippen LogP contribution in [0.1, 0.15) is 56.4 Å². The number of hydrogen-bond donors (Lipinski definition) is 1. The van der Waals surface area contributed by atoms with Crippen LogP contribution in [0.25, 0.3) is 22.2 Å². The molecule has 2 aromatic heterocycles. The molecular formula is C43H47F5N6O7S. The first-order valence-corrected chi connectivity index (χ1v) is 21.4. The molecule has 0 aliphatic carbocycles. The zero-order valence-electron chi connectivity index (χ0n) is 35.4. The summed E-state index contributed by atoms with van der Waals surface area (Å²) < 4.78 is 128. The van der Waals surface area contributed by atoms with Gasteiger partial charge in [0.1, 0.15) is 45.3 Å². The molecule has 1 N–H and O–H groups in total. The maximum atomic E-state index is 17.3. The van der Waals surface area contributed by atoms with Crippen molar-refractivity contribution in [2.75, 3.05) is 50.3 Å². The first-order chi connectivity index (χ1) is 29.1. The zero-order chi connectivity index (χ0) is 45.3. The Morgan fingerprint density at radius 2 is 1.50 bits per heavy atom. The quantitative estimate of drug-likeness (QED) is 0.112. The van der Waals surface area contributed by atoms with E-state index in [1.165, 1.54) is 24.0 Å². The van der Waals surface area contributed by atoms with Crippen molar-refractivity contribution < 1.29 is 54.1 Å². The van der Waals surface area contributed by atoms with Gasteiger partial charge in [-0.3, -0.25) is 0 Å². The van der Waals surface area contributed by atoms with Gasteiger partial charge in [-0.15, -0.1) is 0 Å². The minimum Gasteiger partial charge on any atom is -0.497 e. The van der Waals surface area contributed by atoms with Crippen LogP contribution in [0.5, 0.6) is 17.4 Å². The van der Waals surface area contributed by atoms with Crippen molar-refractivity contribution in [3.8, 4) is 28.6 Å². The van der Waals surface area contributed by atoms with Gasteiger partial charge in [0.05, 0.1) is 31.6 Å². The highest BCUT2D eigenvalue weighted by atomic mass is 32.2. The van der Waals surface area contributed by atoms with E-state index in [9.17, 15) is 13.2 Å². The van der Waals surface area contributed by atoms with E-state index in [1.807, 2.05) is 0 Å². The summed E-state index contributed by atoms with van der Waals surface area (Å²) in [5.41, 5.74) is -4.72. The number of amides is 1. The first-order valence-electron chi connectivity index (χ1n) is 19.5. The number of sulfone groups is 1. The van der Waals surface area contributed by atoms with Gasteiger partial charge in [0.25, 0.3) is 0 Å². The van der Waals surface area contributed by atoms with E-state index in [0.717, 1.165) is 19.2 Å². The van der Waals surface area contributed by atoms with Gasteiger partial charge in [-0.1, -0.05) is 24.3 Å². The van der Waals surface area contributed by atoms with Crippen molar-refractivity contribution in [1.29, 1.82) is 0 Å². The maximum absolute atomic E-state index is 17.3. The molecule has 0 unspecified atom stereocenters. The Labute approximate surface area is 356 Å². The van der Waals surface area contributed by atoms with Gasteiger partial charge in [-0.05, 0) is 81.6 Å². The molecule has 6 rings (SSSR count). The van der Waals surface area contributed by atoms with E-state index in [4.69, 9.17) is 18.9 Å². The SMILES string of the molecule is COc1ccc(CN(Cc2ccc(OC)cc2)c2cc(-c3nc4c5c(nc(S(C)(=O)=O)nc5c3F)NCCN(C(=O)OC(C)(C)C)CC[C@H](C)O4)c(C(F)(F)F)c(C)c2F)cc1. The molecule has 0 radical (unpaired) electrons. The number of benzene rings is 3. The van der Waals surface area contributed by atoms with Crippen molar-refractivity contribution in [1.82, 2.24) is 19.9 Å². The molecule has 332 valence electrons. The van der Waals surface area contributed by atoms with Crippen LogP contribution in [0.2, 0.25) is 0 Å². The first kappa shape index (κ1) is 45.5. The molecular weight excluding hydrogens is 840 g/mol. The number of anilines is 2. The fraction of sp³-hybridized carbons (Fsp3) is 0.395. The van der Waals surface area contributed by atoms with Gasteiger partial charge >= 0.3 is 12.3 Å². The number of carbonyl (C=O) groups is 1. The molecule has 0 saturated carbocycles. The third kappa shape index (κ3) is 10.2. The van der Waals surface area contributed by atoms with Crippen LogP contribution >= 0.6 is 0 Å². The fourth-order valence-electron chi connectivity index (χ4n) is 6.88. The van der Waals surface area contributed by atoms with E-state index in [0.29, 0.717) is 22.6 Å². The number of aromatic nitrogens is 3. The zero-order valence-corrected chi connectivity index (χ0v) is 36.2. The number of hydrogen-bond acceptors (Lipinski definition) is 12. The van der Waals surface area contributed by atoms with Crippen molar-refractivity contribution in [2.24, 2.45) is 0 Å². The van der Waals surface area contributed by atoms with Crippen LogP contribution in [-0.2, 0) is 33.8 Å². The lowest BCUT2D eigenvalue weighted by Crippen LogP contribution is -2.40. The summed E-state index contributed by atoms with van der Waals surface area (Å²) in [6.45, 7) is 7.71. The molecule has 3 heterocycles. The molecule has 0 saturated heterocycles. The number of carbonyl (C=O) groups excluding carboxylic acids is 1. The number of ether oxygens (including phenoxy) is 4. The molecule has 1 aliphatic rings. The second-order valence-electron chi connectivity index (χ2n) is 15.8. The molecule has 1 amide bonds. The molecule has 0 fully saturated rings. The molecule has 1 aliphatic heterocycles. The third-order valence-corrected chi connectivity index (χ3v) is 10.8. The Morgan fingerprint density at radius 3 is 2.02 bits per heavy atom. The second-order valence-corrected chi connectivity index (χ2v) is 17.8. The van der Waals surface area contributed by atoms with Crippen LogP contribution in [0, 0.1) is 18.6 Å². The van der Waals surface area contributed by atoms with Crippen molar-refractivity contribution >= 4 is 38.3 Å². The lowest BCUT2D eigenvalue weighted by molar-refractivity contribution is -0.137. The minimum atomic E-state index is -5.24. The van der Waals surface area contributed by atoms with Gasteiger partial charge in [0.2, 0.25) is 20.9 Å². The number of nitrogens with zero attached hydrogens (tertiary/aromatic N) is 5. The van der Waals surface area contributed by atoms with Gasteiger partial charge in [0.15, 0.2) is 5.82 Å². The van der Waals surface area contributed by atoms with Crippen molar-refractivity contribution in [2.45, 2.75) is 77.2 Å². The summed E-state index contributed by atoms with van der Waals surface area (Å²) in [6.07, 6.45) is -5.76. The smallest absolute Gasteiger partial charge is 0.417 e. The van der Waals surface area contributed by atoms with Gasteiger partial charge in [-0.2, -0.15) is 13.2 Å². The topological polar surface area (TPSA) is 145 Å². The lowest BCUT2D eigenvalue weighted by atomic mass is 9.95. The largest absolute Gasteiger partial charge is 0.497 e. The van der Waals surface area contributed by atoms with Crippen LogP contribution in [0.3, 0.4) is 0 Å². The third-order valence-electron chi connectivity index (χ3n) is 9.93. The van der Waals surface area contributed by atoms with E-state index in [2.05, 4.69) is 20.3 Å². The average Bonchev–Trinajstić information content (AvgIpc) is 3.22. The molecule has 3 aromatic carbocycles. The number of pyridine rings is 1. The summed E-state index contributed by atoms with van der Waals surface area (Å²) in [7, 11) is -1.28. The van der Waals surface area contributed by atoms with Crippen LogP contribution in [-0.4, -0.2) is 86.2 Å². The normalized spacial score (nSPS) is 15.0. The summed E-state index contributed by atoms with van der Waals surface area (Å²) in [6, 6.07) is 14.5. The molecule has 13 nitrogen and oxygen atoms in total. The van der Waals surface area contributed by atoms with Gasteiger partial charge in [0, 0.05) is 51.0 Å². The van der Waals surface area contributed by atoms with Crippen LogP contribution in [0.4, 0.5) is 38.3 Å².